The van der Waals surface area contributed by atoms with Gasteiger partial charge in [0.05, 0.1) is 0 Å². The molecule has 0 bridgehead atoms. The average molecular weight is 287 g/mol. The Morgan fingerprint density at radius 2 is 1.86 bits per heavy atom. The maximum absolute atomic E-state index is 12.1. The average Bonchev–Trinajstić information content (AvgIpc) is 2.36. The molecule has 0 aliphatic rings. The highest BCUT2D eigenvalue weighted by atomic mass is 16.4. The zero-order valence-electron chi connectivity index (χ0n) is 12.3. The Hall–Kier alpha value is -2.50. The molecule has 0 fully saturated rings. The fourth-order valence-electron chi connectivity index (χ4n) is 2.23. The third-order valence-corrected chi connectivity index (χ3v) is 3.19. The first-order valence-electron chi connectivity index (χ1n) is 6.63. The standard InChI is InChI=1S/C15H17N3O3/c1-9-4-6-18(14(19)13(9)15(20)21)7-5-12-16-10(2)8-11(3)17-12/h4,6,8H,5,7H2,1-3H3,(H,20,21). The van der Waals surface area contributed by atoms with Crippen LogP contribution in [0.25, 0.3) is 0 Å². The summed E-state index contributed by atoms with van der Waals surface area (Å²) in [7, 11) is 0. The molecule has 0 aromatic carbocycles. The lowest BCUT2D eigenvalue weighted by Crippen LogP contribution is -2.28. The van der Waals surface area contributed by atoms with Crippen LogP contribution >= 0.6 is 0 Å². The normalized spacial score (nSPS) is 10.6. The number of aryl methyl sites for hydroxylation is 5. The van der Waals surface area contributed by atoms with Crippen LogP contribution in [-0.2, 0) is 13.0 Å². The second-order valence-electron chi connectivity index (χ2n) is 4.99. The Morgan fingerprint density at radius 3 is 2.43 bits per heavy atom. The molecule has 110 valence electrons. The van der Waals surface area contributed by atoms with Gasteiger partial charge in [0.15, 0.2) is 0 Å². The molecular weight excluding hydrogens is 270 g/mol. The third kappa shape index (κ3) is 3.34. The van der Waals surface area contributed by atoms with Gasteiger partial charge < -0.3 is 9.67 Å². The SMILES string of the molecule is Cc1cc(C)nc(CCn2ccc(C)c(C(=O)O)c2=O)n1. The van der Waals surface area contributed by atoms with E-state index in [1.54, 1.807) is 19.2 Å². The minimum atomic E-state index is -1.20. The lowest BCUT2D eigenvalue weighted by molar-refractivity contribution is 0.0693. The maximum Gasteiger partial charge on any atom is 0.341 e. The van der Waals surface area contributed by atoms with Gasteiger partial charge in [-0.1, -0.05) is 0 Å². The van der Waals surface area contributed by atoms with Crippen LogP contribution in [0.15, 0.2) is 23.1 Å². The van der Waals surface area contributed by atoms with Crippen molar-refractivity contribution in [3.8, 4) is 0 Å². The molecule has 2 heterocycles. The molecule has 0 radical (unpaired) electrons. The number of pyridine rings is 1. The van der Waals surface area contributed by atoms with Gasteiger partial charge in [0.2, 0.25) is 0 Å². The van der Waals surface area contributed by atoms with Crippen LogP contribution in [0, 0.1) is 20.8 Å². The van der Waals surface area contributed by atoms with Crippen LogP contribution < -0.4 is 5.56 Å². The molecule has 0 spiro atoms. The molecule has 2 aromatic rings. The van der Waals surface area contributed by atoms with Gasteiger partial charge in [-0.3, -0.25) is 4.79 Å². The molecule has 0 aliphatic carbocycles. The number of carbonyl (C=O) groups is 1. The number of carboxylic acids is 1. The summed E-state index contributed by atoms with van der Waals surface area (Å²) < 4.78 is 1.39. The zero-order valence-corrected chi connectivity index (χ0v) is 12.3. The van der Waals surface area contributed by atoms with Gasteiger partial charge in [-0.15, -0.1) is 0 Å². The van der Waals surface area contributed by atoms with E-state index >= 15 is 0 Å². The van der Waals surface area contributed by atoms with Gasteiger partial charge in [-0.25, -0.2) is 14.8 Å². The van der Waals surface area contributed by atoms with Gasteiger partial charge in [0.1, 0.15) is 11.4 Å². The van der Waals surface area contributed by atoms with E-state index in [1.807, 2.05) is 19.9 Å². The van der Waals surface area contributed by atoms with E-state index in [2.05, 4.69) is 9.97 Å². The Bertz CT molecular complexity index is 730. The predicted molar refractivity (Wildman–Crippen MR) is 77.6 cm³/mol. The van der Waals surface area contributed by atoms with Crippen LogP contribution in [-0.4, -0.2) is 25.6 Å². The van der Waals surface area contributed by atoms with E-state index in [1.165, 1.54) is 4.57 Å². The second-order valence-corrected chi connectivity index (χ2v) is 4.99. The molecule has 0 aliphatic heterocycles. The number of rotatable bonds is 4. The topological polar surface area (TPSA) is 85.1 Å². The first-order chi connectivity index (χ1) is 9.88. The Morgan fingerprint density at radius 1 is 1.24 bits per heavy atom. The highest BCUT2D eigenvalue weighted by molar-refractivity contribution is 5.88. The molecule has 21 heavy (non-hydrogen) atoms. The molecule has 6 nitrogen and oxygen atoms in total. The fourth-order valence-corrected chi connectivity index (χ4v) is 2.23. The number of hydrogen-bond donors (Lipinski definition) is 1. The van der Waals surface area contributed by atoms with Gasteiger partial charge in [0.25, 0.3) is 5.56 Å². The van der Waals surface area contributed by atoms with Crippen molar-refractivity contribution in [2.75, 3.05) is 0 Å². The van der Waals surface area contributed by atoms with E-state index in [-0.39, 0.29) is 5.56 Å². The summed E-state index contributed by atoms with van der Waals surface area (Å²) in [5.41, 5.74) is 1.54. The predicted octanol–water partition coefficient (Wildman–Crippen LogP) is 1.50. The molecule has 0 amide bonds. The van der Waals surface area contributed by atoms with Crippen LogP contribution in [0.5, 0.6) is 0 Å². The minimum Gasteiger partial charge on any atom is -0.477 e. The van der Waals surface area contributed by atoms with Crippen LogP contribution in [0.3, 0.4) is 0 Å². The minimum absolute atomic E-state index is 0.182. The van der Waals surface area contributed by atoms with Crippen molar-refractivity contribution in [2.45, 2.75) is 33.7 Å². The second kappa shape index (κ2) is 5.87. The lowest BCUT2D eigenvalue weighted by Gasteiger charge is -2.08. The summed E-state index contributed by atoms with van der Waals surface area (Å²) in [5, 5.41) is 9.09. The first kappa shape index (κ1) is 14.9. The van der Waals surface area contributed by atoms with Crippen molar-refractivity contribution in [2.24, 2.45) is 0 Å². The molecular formula is C15H17N3O3. The molecule has 0 saturated heterocycles. The van der Waals surface area contributed by atoms with E-state index in [0.29, 0.717) is 24.4 Å². The summed E-state index contributed by atoms with van der Waals surface area (Å²) in [6.45, 7) is 5.74. The number of aromatic nitrogens is 3. The van der Waals surface area contributed by atoms with Crippen LogP contribution in [0.4, 0.5) is 0 Å². The van der Waals surface area contributed by atoms with Gasteiger partial charge in [-0.2, -0.15) is 0 Å². The molecule has 0 unspecified atom stereocenters. The smallest absolute Gasteiger partial charge is 0.341 e. The summed E-state index contributed by atoms with van der Waals surface area (Å²) in [5.74, 6) is -0.550. The first-order valence-corrected chi connectivity index (χ1v) is 6.63. The molecule has 0 atom stereocenters. The number of nitrogens with zero attached hydrogens (tertiary/aromatic N) is 3. The van der Waals surface area contributed by atoms with Crippen LogP contribution in [0.1, 0.15) is 33.1 Å². The van der Waals surface area contributed by atoms with Crippen molar-refractivity contribution < 1.29 is 9.90 Å². The van der Waals surface area contributed by atoms with Gasteiger partial charge in [0, 0.05) is 30.6 Å². The van der Waals surface area contributed by atoms with E-state index in [0.717, 1.165) is 11.4 Å². The molecule has 2 rings (SSSR count). The quantitative estimate of drug-likeness (QED) is 0.921. The third-order valence-electron chi connectivity index (χ3n) is 3.19. The Balaban J connectivity index is 2.27. The van der Waals surface area contributed by atoms with Gasteiger partial charge in [-0.05, 0) is 38.5 Å². The van der Waals surface area contributed by atoms with Crippen molar-refractivity contribution >= 4 is 5.97 Å². The zero-order chi connectivity index (χ0) is 15.6. The van der Waals surface area contributed by atoms with Gasteiger partial charge >= 0.3 is 5.97 Å². The number of carboxylic acid groups (broad SMARTS) is 1. The van der Waals surface area contributed by atoms with E-state index < -0.39 is 11.5 Å². The Labute approximate surface area is 122 Å². The van der Waals surface area contributed by atoms with Crippen molar-refractivity contribution in [1.82, 2.24) is 14.5 Å². The Kier molecular flexibility index (Phi) is 4.16. The highest BCUT2D eigenvalue weighted by Crippen LogP contribution is 2.04. The van der Waals surface area contributed by atoms with Crippen molar-refractivity contribution in [3.05, 3.63) is 57.0 Å². The molecule has 0 saturated carbocycles. The molecule has 6 heteroatoms. The largest absolute Gasteiger partial charge is 0.477 e. The molecule has 2 aromatic heterocycles. The monoisotopic (exact) mass is 287 g/mol. The molecule has 1 N–H and O–H groups in total. The summed E-state index contributed by atoms with van der Waals surface area (Å²) in [6, 6.07) is 3.51. The highest BCUT2D eigenvalue weighted by Gasteiger charge is 2.14. The summed E-state index contributed by atoms with van der Waals surface area (Å²) in [6.07, 6.45) is 2.08. The summed E-state index contributed by atoms with van der Waals surface area (Å²) in [4.78, 5) is 31.9. The van der Waals surface area contributed by atoms with Crippen molar-refractivity contribution in [3.63, 3.8) is 0 Å². The van der Waals surface area contributed by atoms with Crippen LogP contribution in [0.2, 0.25) is 0 Å². The number of hydrogen-bond acceptors (Lipinski definition) is 4. The van der Waals surface area contributed by atoms with E-state index in [9.17, 15) is 9.59 Å². The summed E-state index contributed by atoms with van der Waals surface area (Å²) >= 11 is 0. The lowest BCUT2D eigenvalue weighted by atomic mass is 10.1. The fraction of sp³-hybridized carbons (Fsp3) is 0.333. The maximum atomic E-state index is 12.1. The van der Waals surface area contributed by atoms with Crippen molar-refractivity contribution in [1.29, 1.82) is 0 Å². The van der Waals surface area contributed by atoms with E-state index in [4.69, 9.17) is 5.11 Å². The number of aromatic carboxylic acids is 1.